The quantitative estimate of drug-likeness (QED) is 0.622. The van der Waals surface area contributed by atoms with E-state index in [1.54, 1.807) is 6.33 Å². The zero-order valence-electron chi connectivity index (χ0n) is 21.1. The molecule has 2 spiro atoms. The molecule has 5 aliphatic rings. The molecule has 36 heavy (non-hydrogen) atoms. The number of nitrogens with zero attached hydrogens (tertiary/aromatic N) is 3. The zero-order chi connectivity index (χ0) is 25.1. The fourth-order valence-electron chi connectivity index (χ4n) is 8.58. The smallest absolute Gasteiger partial charge is 0.171 e. The lowest BCUT2D eigenvalue weighted by Gasteiger charge is -2.61. The van der Waals surface area contributed by atoms with Gasteiger partial charge in [0.15, 0.2) is 5.67 Å². The van der Waals surface area contributed by atoms with Gasteiger partial charge in [-0.1, -0.05) is 25.1 Å². The summed E-state index contributed by atoms with van der Waals surface area (Å²) < 4.78 is 23.9. The summed E-state index contributed by atoms with van der Waals surface area (Å²) in [5.41, 5.74) is 0.682. The molecule has 3 fully saturated rings. The third kappa shape index (κ3) is 2.65. The van der Waals surface area contributed by atoms with Crippen LogP contribution in [0.4, 0.5) is 4.39 Å². The molecule has 2 N–H and O–H groups in total. The second-order valence-corrected chi connectivity index (χ2v) is 12.2. The second-order valence-electron chi connectivity index (χ2n) is 12.2. The molecule has 2 bridgehead atoms. The minimum absolute atomic E-state index is 0.137. The largest absolute Gasteiger partial charge is 0.389 e. The van der Waals surface area contributed by atoms with Crippen LogP contribution in [0.2, 0.25) is 0 Å². The van der Waals surface area contributed by atoms with E-state index in [0.717, 1.165) is 35.7 Å². The molecule has 8 unspecified atom stereocenters. The number of hydrogen-bond donors (Lipinski definition) is 2. The first-order chi connectivity index (χ1) is 17.1. The van der Waals surface area contributed by atoms with Crippen molar-refractivity contribution in [1.82, 2.24) is 14.9 Å². The van der Waals surface area contributed by atoms with E-state index in [0.29, 0.717) is 12.8 Å². The molecule has 1 aromatic carbocycles. The van der Waals surface area contributed by atoms with E-state index >= 15 is 4.39 Å². The van der Waals surface area contributed by atoms with Crippen molar-refractivity contribution in [3.05, 3.63) is 54.0 Å². The monoisotopic (exact) mass is 491 g/mol. The standard InChI is InChI=1S/C29H34FN3O3/c1-26-9-8-19-13-29(30)25(35)24(34)22(33(2)3)14-27(29)10-11-28(19,36-27)23(26)7-5-20(26)17-4-6-21-18(12-17)15-31-16-32-21/h4-6,8,12,15-16,22-25,34-35H,7,9-11,13-14H2,1-3H3. The molecular weight excluding hydrogens is 457 g/mol. The number of alkyl halides is 1. The Morgan fingerprint density at radius 1 is 1.17 bits per heavy atom. The van der Waals surface area contributed by atoms with Crippen molar-refractivity contribution >= 4 is 16.5 Å². The Hall–Kier alpha value is -2.19. The number of hydrogen-bond acceptors (Lipinski definition) is 6. The Labute approximate surface area is 210 Å². The summed E-state index contributed by atoms with van der Waals surface area (Å²) in [4.78, 5) is 10.5. The van der Waals surface area contributed by atoms with Gasteiger partial charge < -0.3 is 19.8 Å². The Kier molecular flexibility index (Phi) is 4.61. The molecule has 0 amide bonds. The third-order valence-electron chi connectivity index (χ3n) is 10.5. The van der Waals surface area contributed by atoms with Crippen molar-refractivity contribution in [2.45, 2.75) is 80.6 Å². The topological polar surface area (TPSA) is 78.7 Å². The number of benzene rings is 1. The van der Waals surface area contributed by atoms with Gasteiger partial charge in [-0.25, -0.2) is 14.4 Å². The van der Waals surface area contributed by atoms with Crippen LogP contribution < -0.4 is 0 Å². The van der Waals surface area contributed by atoms with E-state index in [9.17, 15) is 10.2 Å². The van der Waals surface area contributed by atoms with Crippen LogP contribution in [0.1, 0.15) is 51.0 Å². The number of rotatable bonds is 2. The number of aliphatic hydroxyl groups is 2. The van der Waals surface area contributed by atoms with E-state index in [2.05, 4.69) is 47.2 Å². The fraction of sp³-hybridized carbons (Fsp3) is 0.586. The van der Waals surface area contributed by atoms with Crippen molar-refractivity contribution < 1.29 is 19.3 Å². The minimum Gasteiger partial charge on any atom is -0.389 e. The first kappa shape index (κ1) is 23.0. The number of ether oxygens (including phenoxy) is 1. The van der Waals surface area contributed by atoms with E-state index in [-0.39, 0.29) is 23.8 Å². The Bertz CT molecular complexity index is 1330. The highest BCUT2D eigenvalue weighted by atomic mass is 19.1. The van der Waals surface area contributed by atoms with Gasteiger partial charge in [0.2, 0.25) is 0 Å². The van der Waals surface area contributed by atoms with Gasteiger partial charge >= 0.3 is 0 Å². The molecular formula is C29H34FN3O3. The van der Waals surface area contributed by atoms with Crippen molar-refractivity contribution in [3.8, 4) is 0 Å². The van der Waals surface area contributed by atoms with Gasteiger partial charge in [-0.3, -0.25) is 0 Å². The van der Waals surface area contributed by atoms with Gasteiger partial charge in [0.25, 0.3) is 0 Å². The summed E-state index contributed by atoms with van der Waals surface area (Å²) in [6.45, 7) is 2.33. The lowest BCUT2D eigenvalue weighted by atomic mass is 9.56. The molecule has 7 rings (SSSR count). The SMILES string of the molecule is CN(C)C1CC23CCC4(O2)C(=CCC2(C)C(c5ccc6ncncc6c5)=CCC24)CC3(F)C(O)C1O. The van der Waals surface area contributed by atoms with Crippen LogP contribution in [0.15, 0.2) is 48.4 Å². The lowest BCUT2D eigenvalue weighted by molar-refractivity contribution is -0.282. The van der Waals surface area contributed by atoms with Gasteiger partial charge in [-0.2, -0.15) is 0 Å². The number of aliphatic hydroxyl groups excluding tert-OH is 2. The molecule has 2 aromatic rings. The Morgan fingerprint density at radius 2 is 2.00 bits per heavy atom. The maximum Gasteiger partial charge on any atom is 0.171 e. The zero-order valence-corrected chi connectivity index (χ0v) is 21.1. The number of likely N-dealkylation sites (N-methyl/N-ethyl adjacent to an activating group) is 1. The van der Waals surface area contributed by atoms with E-state index in [4.69, 9.17) is 4.74 Å². The van der Waals surface area contributed by atoms with E-state index < -0.39 is 29.1 Å². The van der Waals surface area contributed by atoms with E-state index in [1.165, 1.54) is 11.1 Å². The highest BCUT2D eigenvalue weighted by molar-refractivity contribution is 5.84. The summed E-state index contributed by atoms with van der Waals surface area (Å²) >= 11 is 0. The average molecular weight is 492 g/mol. The molecule has 190 valence electrons. The molecule has 3 heterocycles. The van der Waals surface area contributed by atoms with E-state index in [1.807, 2.05) is 25.2 Å². The van der Waals surface area contributed by atoms with Crippen molar-refractivity contribution in [2.75, 3.05) is 14.1 Å². The predicted molar refractivity (Wildman–Crippen MR) is 135 cm³/mol. The van der Waals surface area contributed by atoms with Gasteiger partial charge in [0, 0.05) is 35.4 Å². The molecule has 6 nitrogen and oxygen atoms in total. The van der Waals surface area contributed by atoms with Gasteiger partial charge in [0.05, 0.1) is 17.2 Å². The molecule has 1 aromatic heterocycles. The fourth-order valence-corrected chi connectivity index (χ4v) is 8.58. The second kappa shape index (κ2) is 7.22. The average Bonchev–Trinajstić information content (AvgIpc) is 3.40. The summed E-state index contributed by atoms with van der Waals surface area (Å²) in [5.74, 6) is 0.202. The molecule has 1 saturated carbocycles. The molecule has 2 saturated heterocycles. The lowest BCUT2D eigenvalue weighted by Crippen LogP contribution is -2.73. The van der Waals surface area contributed by atoms with Crippen molar-refractivity contribution in [3.63, 3.8) is 0 Å². The van der Waals surface area contributed by atoms with Gasteiger partial charge in [-0.05, 0) is 75.0 Å². The van der Waals surface area contributed by atoms with Crippen molar-refractivity contribution in [1.29, 1.82) is 0 Å². The maximum absolute atomic E-state index is 16.9. The molecule has 0 radical (unpaired) electrons. The number of fused-ring (bicyclic) bond motifs is 2. The van der Waals surface area contributed by atoms with Gasteiger partial charge in [-0.15, -0.1) is 0 Å². The normalized spacial score (nSPS) is 45.2. The highest BCUT2D eigenvalue weighted by Crippen LogP contribution is 2.70. The molecule has 8 atom stereocenters. The first-order valence-corrected chi connectivity index (χ1v) is 13.2. The third-order valence-corrected chi connectivity index (χ3v) is 10.5. The van der Waals surface area contributed by atoms with Crippen LogP contribution in [0.25, 0.3) is 16.5 Å². The van der Waals surface area contributed by atoms with Crippen LogP contribution in [0.3, 0.4) is 0 Å². The van der Waals surface area contributed by atoms with Crippen LogP contribution in [-0.2, 0) is 4.74 Å². The predicted octanol–water partition coefficient (Wildman–Crippen LogP) is 3.83. The molecule has 3 aliphatic carbocycles. The number of halogens is 1. The van der Waals surface area contributed by atoms with Crippen molar-refractivity contribution in [2.24, 2.45) is 11.3 Å². The minimum atomic E-state index is -1.98. The Morgan fingerprint density at radius 3 is 2.81 bits per heavy atom. The maximum atomic E-state index is 16.9. The summed E-state index contributed by atoms with van der Waals surface area (Å²) in [6.07, 6.45) is 8.88. The summed E-state index contributed by atoms with van der Waals surface area (Å²) in [6, 6.07) is 6.03. The van der Waals surface area contributed by atoms with Crippen LogP contribution in [0.5, 0.6) is 0 Å². The number of allylic oxidation sites excluding steroid dienone is 3. The summed E-state index contributed by atoms with van der Waals surface area (Å²) in [5, 5.41) is 22.9. The molecule has 7 heteroatoms. The summed E-state index contributed by atoms with van der Waals surface area (Å²) in [7, 11) is 3.75. The first-order valence-electron chi connectivity index (χ1n) is 13.2. The van der Waals surface area contributed by atoms with Gasteiger partial charge in [0.1, 0.15) is 18.0 Å². The van der Waals surface area contributed by atoms with Crippen LogP contribution >= 0.6 is 0 Å². The molecule has 2 aliphatic heterocycles. The highest BCUT2D eigenvalue weighted by Gasteiger charge is 2.76. The number of aromatic nitrogens is 2. The van der Waals surface area contributed by atoms with Crippen LogP contribution in [0, 0.1) is 11.3 Å². The van der Waals surface area contributed by atoms with Crippen LogP contribution in [-0.4, -0.2) is 74.3 Å². The Balaban J connectivity index is 1.29.